The Kier molecular flexibility index (Phi) is 9.28. The SMILES string of the molecule is COc1ccc(NS(=O)(=O)c2cc(NC(=O)[C@H](Cc3ccccc3)NC(=O)c3ccco3)ccc2N2CCOCC2)cc1. The number of carbonyl (C=O) groups is 2. The van der Waals surface area contributed by atoms with Gasteiger partial charge in [-0.25, -0.2) is 8.42 Å². The van der Waals surface area contributed by atoms with Gasteiger partial charge in [0.05, 0.1) is 32.3 Å². The van der Waals surface area contributed by atoms with Crippen LogP contribution >= 0.6 is 0 Å². The Morgan fingerprint density at radius 3 is 2.33 bits per heavy atom. The zero-order chi connectivity index (χ0) is 30.2. The second-order valence-electron chi connectivity index (χ2n) is 9.80. The highest BCUT2D eigenvalue weighted by atomic mass is 32.2. The van der Waals surface area contributed by atoms with Crippen LogP contribution in [0.3, 0.4) is 0 Å². The molecule has 0 spiro atoms. The summed E-state index contributed by atoms with van der Waals surface area (Å²) in [5, 5.41) is 5.53. The number of sulfonamides is 1. The third-order valence-corrected chi connectivity index (χ3v) is 8.27. The Hall–Kier alpha value is -4.81. The predicted octanol–water partition coefficient (Wildman–Crippen LogP) is 3.91. The van der Waals surface area contributed by atoms with E-state index >= 15 is 0 Å². The number of nitrogens with one attached hydrogen (secondary N) is 3. The summed E-state index contributed by atoms with van der Waals surface area (Å²) >= 11 is 0. The van der Waals surface area contributed by atoms with Crippen LogP contribution in [0, 0.1) is 0 Å². The molecule has 11 nitrogen and oxygen atoms in total. The Labute approximate surface area is 249 Å². The van der Waals surface area contributed by atoms with Crippen molar-refractivity contribution in [3.05, 3.63) is 103 Å². The molecule has 3 N–H and O–H groups in total. The number of benzene rings is 3. The minimum Gasteiger partial charge on any atom is -0.497 e. The zero-order valence-corrected chi connectivity index (χ0v) is 24.3. The van der Waals surface area contributed by atoms with E-state index in [9.17, 15) is 18.0 Å². The first-order valence-electron chi connectivity index (χ1n) is 13.7. The minimum atomic E-state index is -4.10. The first-order chi connectivity index (χ1) is 20.8. The van der Waals surface area contributed by atoms with Crippen LogP contribution < -0.4 is 25.0 Å². The van der Waals surface area contributed by atoms with E-state index in [2.05, 4.69) is 15.4 Å². The van der Waals surface area contributed by atoms with Gasteiger partial charge >= 0.3 is 0 Å². The van der Waals surface area contributed by atoms with Gasteiger partial charge in [-0.15, -0.1) is 0 Å². The Balaban J connectivity index is 1.43. The summed E-state index contributed by atoms with van der Waals surface area (Å²) in [6.07, 6.45) is 1.58. The van der Waals surface area contributed by atoms with Crippen LogP contribution in [0.25, 0.3) is 0 Å². The van der Waals surface area contributed by atoms with Gasteiger partial charge in [-0.2, -0.15) is 0 Å². The molecule has 1 saturated heterocycles. The highest BCUT2D eigenvalue weighted by Gasteiger charge is 2.27. The van der Waals surface area contributed by atoms with E-state index in [-0.39, 0.29) is 22.8 Å². The largest absolute Gasteiger partial charge is 0.497 e. The molecule has 5 rings (SSSR count). The summed E-state index contributed by atoms with van der Waals surface area (Å²) in [5.74, 6) is -0.408. The van der Waals surface area contributed by atoms with Crippen molar-refractivity contribution in [3.63, 3.8) is 0 Å². The maximum absolute atomic E-state index is 13.7. The van der Waals surface area contributed by atoms with Crippen LogP contribution in [0.4, 0.5) is 17.1 Å². The molecule has 1 fully saturated rings. The summed E-state index contributed by atoms with van der Waals surface area (Å²) in [6, 6.07) is 22.6. The molecule has 0 aliphatic carbocycles. The molecule has 3 aromatic carbocycles. The van der Waals surface area contributed by atoms with Crippen molar-refractivity contribution in [2.75, 3.05) is 48.4 Å². The van der Waals surface area contributed by atoms with Gasteiger partial charge in [0.2, 0.25) is 5.91 Å². The fourth-order valence-electron chi connectivity index (χ4n) is 4.67. The summed E-state index contributed by atoms with van der Waals surface area (Å²) in [4.78, 5) is 28.3. The Morgan fingerprint density at radius 1 is 0.930 bits per heavy atom. The highest BCUT2D eigenvalue weighted by molar-refractivity contribution is 7.92. The van der Waals surface area contributed by atoms with Crippen LogP contribution in [0.2, 0.25) is 0 Å². The molecule has 224 valence electrons. The number of morpholine rings is 1. The molecule has 2 heterocycles. The van der Waals surface area contributed by atoms with Gasteiger partial charge in [0, 0.05) is 30.9 Å². The van der Waals surface area contributed by atoms with Gasteiger partial charge < -0.3 is 29.4 Å². The van der Waals surface area contributed by atoms with E-state index in [4.69, 9.17) is 13.9 Å². The van der Waals surface area contributed by atoms with Crippen molar-refractivity contribution in [1.29, 1.82) is 0 Å². The lowest BCUT2D eigenvalue weighted by Gasteiger charge is -2.30. The molecule has 1 aliphatic rings. The van der Waals surface area contributed by atoms with E-state index in [0.717, 1.165) is 5.56 Å². The van der Waals surface area contributed by atoms with E-state index in [1.165, 1.54) is 25.5 Å². The molecule has 0 unspecified atom stereocenters. The second kappa shape index (κ2) is 13.4. The van der Waals surface area contributed by atoms with Gasteiger partial charge in [-0.3, -0.25) is 14.3 Å². The summed E-state index contributed by atoms with van der Waals surface area (Å²) in [7, 11) is -2.57. The average molecular weight is 605 g/mol. The second-order valence-corrected chi connectivity index (χ2v) is 11.4. The number of anilines is 3. The number of hydrogen-bond donors (Lipinski definition) is 3. The van der Waals surface area contributed by atoms with Crippen molar-refractivity contribution in [2.45, 2.75) is 17.4 Å². The molecular formula is C31H32N4O7S. The molecule has 2 amide bonds. The van der Waals surface area contributed by atoms with Crippen molar-refractivity contribution in [3.8, 4) is 5.75 Å². The van der Waals surface area contributed by atoms with Crippen molar-refractivity contribution in [2.24, 2.45) is 0 Å². The van der Waals surface area contributed by atoms with Gasteiger partial charge in [-0.05, 0) is 60.2 Å². The van der Waals surface area contributed by atoms with E-state index in [1.807, 2.05) is 35.2 Å². The van der Waals surface area contributed by atoms with Gasteiger partial charge in [-0.1, -0.05) is 30.3 Å². The number of rotatable bonds is 11. The standard InChI is InChI=1S/C31H32N4O7S/c1-40-25-12-9-23(10-13-25)34-43(38,39)29-21-24(11-14-27(29)35-15-18-41-19-16-35)32-30(36)26(20-22-6-3-2-4-7-22)33-31(37)28-8-5-17-42-28/h2-14,17,21,26,34H,15-16,18-20H2,1H3,(H,32,36)(H,33,37)/t26-/m0/s1. The Morgan fingerprint density at radius 2 is 1.65 bits per heavy atom. The van der Waals surface area contributed by atoms with Crippen molar-refractivity contribution >= 4 is 38.9 Å². The van der Waals surface area contributed by atoms with Crippen molar-refractivity contribution < 1.29 is 31.9 Å². The predicted molar refractivity (Wildman–Crippen MR) is 162 cm³/mol. The topological polar surface area (TPSA) is 139 Å². The van der Waals surface area contributed by atoms with Crippen LogP contribution in [-0.4, -0.2) is 59.7 Å². The third-order valence-electron chi connectivity index (χ3n) is 6.86. The number of nitrogens with zero attached hydrogens (tertiary/aromatic N) is 1. The molecule has 12 heteroatoms. The zero-order valence-electron chi connectivity index (χ0n) is 23.5. The molecule has 4 aromatic rings. The van der Waals surface area contributed by atoms with E-state index < -0.39 is 27.9 Å². The van der Waals surface area contributed by atoms with Crippen molar-refractivity contribution in [1.82, 2.24) is 5.32 Å². The van der Waals surface area contributed by atoms with Crippen LogP contribution in [0.15, 0.2) is 101 Å². The molecule has 0 bridgehead atoms. The van der Waals surface area contributed by atoms with E-state index in [0.29, 0.717) is 43.4 Å². The van der Waals surface area contributed by atoms with Gasteiger partial charge in [0.15, 0.2) is 5.76 Å². The fourth-order valence-corrected chi connectivity index (χ4v) is 5.98. The highest BCUT2D eigenvalue weighted by Crippen LogP contribution is 2.31. The van der Waals surface area contributed by atoms with E-state index in [1.54, 1.807) is 42.5 Å². The number of amides is 2. The monoisotopic (exact) mass is 604 g/mol. The molecule has 1 atom stereocenters. The molecular weight excluding hydrogens is 572 g/mol. The molecule has 0 saturated carbocycles. The molecule has 43 heavy (non-hydrogen) atoms. The Bertz CT molecular complexity index is 1640. The fraction of sp³-hybridized carbons (Fsp3) is 0.226. The number of carbonyl (C=O) groups excluding carboxylic acids is 2. The molecule has 1 aromatic heterocycles. The number of ether oxygens (including phenoxy) is 2. The average Bonchev–Trinajstić information content (AvgIpc) is 3.57. The number of furan rings is 1. The summed E-state index contributed by atoms with van der Waals surface area (Å²) in [6.45, 7) is 1.93. The lowest BCUT2D eigenvalue weighted by atomic mass is 10.0. The van der Waals surface area contributed by atoms with Crippen LogP contribution in [0.1, 0.15) is 16.1 Å². The summed E-state index contributed by atoms with van der Waals surface area (Å²) in [5.41, 5.74) is 1.92. The lowest BCUT2D eigenvalue weighted by molar-refractivity contribution is -0.118. The maximum atomic E-state index is 13.7. The number of methoxy groups -OCH3 is 1. The molecule has 1 aliphatic heterocycles. The van der Waals surface area contributed by atoms with Crippen LogP contribution in [-0.2, 0) is 26.0 Å². The smallest absolute Gasteiger partial charge is 0.287 e. The third kappa shape index (κ3) is 7.53. The molecule has 0 radical (unpaired) electrons. The lowest BCUT2D eigenvalue weighted by Crippen LogP contribution is -2.45. The van der Waals surface area contributed by atoms with Crippen LogP contribution in [0.5, 0.6) is 5.75 Å². The normalized spacial score (nSPS) is 14.0. The van der Waals surface area contributed by atoms with Gasteiger partial charge in [0.1, 0.15) is 16.7 Å². The summed E-state index contributed by atoms with van der Waals surface area (Å²) < 4.78 is 45.9. The maximum Gasteiger partial charge on any atom is 0.287 e. The van der Waals surface area contributed by atoms with Gasteiger partial charge in [0.25, 0.3) is 15.9 Å². The minimum absolute atomic E-state index is 0.0118. The number of hydrogen-bond acceptors (Lipinski definition) is 8. The first kappa shape index (κ1) is 29.7. The quantitative estimate of drug-likeness (QED) is 0.234. The first-order valence-corrected chi connectivity index (χ1v) is 15.1.